The van der Waals surface area contributed by atoms with Gasteiger partial charge in [0.15, 0.2) is 5.96 Å². The van der Waals surface area contributed by atoms with Crippen LogP contribution in [0.15, 0.2) is 59.6 Å². The highest BCUT2D eigenvalue weighted by molar-refractivity contribution is 14.0. The highest BCUT2D eigenvalue weighted by atomic mass is 127. The SMILES string of the molecule is CN(C)C(=NCc1ccccc1)NCc1ccc(C(=O)NCC(N)=O)cc1.I. The van der Waals surface area contributed by atoms with Crippen molar-refractivity contribution >= 4 is 41.8 Å². The largest absolute Gasteiger partial charge is 0.368 e. The first-order valence-electron chi connectivity index (χ1n) is 8.60. The molecule has 0 spiro atoms. The minimum absolute atomic E-state index is 0. The molecule has 7 nitrogen and oxygen atoms in total. The maximum Gasteiger partial charge on any atom is 0.251 e. The molecule has 28 heavy (non-hydrogen) atoms. The van der Waals surface area contributed by atoms with E-state index < -0.39 is 5.91 Å². The standard InChI is InChI=1S/C20H25N5O2.HI/c1-25(2)20(23-12-15-6-4-3-5-7-15)24-13-16-8-10-17(11-9-16)19(27)22-14-18(21)26;/h3-11H,12-14H2,1-2H3,(H2,21,26)(H,22,27)(H,23,24);1H. The van der Waals surface area contributed by atoms with Gasteiger partial charge in [-0.1, -0.05) is 42.5 Å². The Morgan fingerprint density at radius 1 is 0.964 bits per heavy atom. The van der Waals surface area contributed by atoms with Gasteiger partial charge >= 0.3 is 0 Å². The van der Waals surface area contributed by atoms with Gasteiger partial charge in [0.2, 0.25) is 5.91 Å². The average molecular weight is 495 g/mol. The summed E-state index contributed by atoms with van der Waals surface area (Å²) in [5, 5.41) is 5.77. The van der Waals surface area contributed by atoms with Gasteiger partial charge in [-0.05, 0) is 23.3 Å². The number of hydrogen-bond acceptors (Lipinski definition) is 3. The van der Waals surface area contributed by atoms with E-state index in [-0.39, 0.29) is 36.4 Å². The normalized spacial score (nSPS) is 10.6. The van der Waals surface area contributed by atoms with E-state index in [4.69, 9.17) is 5.73 Å². The summed E-state index contributed by atoms with van der Waals surface area (Å²) in [7, 11) is 3.87. The second-order valence-corrected chi connectivity index (χ2v) is 6.22. The Kier molecular flexibility index (Phi) is 10.0. The van der Waals surface area contributed by atoms with E-state index in [1.54, 1.807) is 12.1 Å². The Morgan fingerprint density at radius 3 is 2.18 bits per heavy atom. The van der Waals surface area contributed by atoms with Crippen LogP contribution >= 0.6 is 24.0 Å². The molecule has 0 unspecified atom stereocenters. The predicted octanol–water partition coefficient (Wildman–Crippen LogP) is 1.73. The van der Waals surface area contributed by atoms with Gasteiger partial charge < -0.3 is 21.3 Å². The average Bonchev–Trinajstić information content (AvgIpc) is 2.67. The minimum Gasteiger partial charge on any atom is -0.368 e. The number of amides is 2. The van der Waals surface area contributed by atoms with E-state index in [0.717, 1.165) is 17.1 Å². The van der Waals surface area contributed by atoms with E-state index in [2.05, 4.69) is 15.6 Å². The third-order valence-corrected chi connectivity index (χ3v) is 3.77. The zero-order chi connectivity index (χ0) is 19.6. The molecule has 2 rings (SSSR count). The molecule has 0 heterocycles. The number of aliphatic imine (C=N–C) groups is 1. The first-order chi connectivity index (χ1) is 13.0. The van der Waals surface area contributed by atoms with Crippen LogP contribution in [0, 0.1) is 0 Å². The van der Waals surface area contributed by atoms with Crippen molar-refractivity contribution in [2.45, 2.75) is 13.1 Å². The summed E-state index contributed by atoms with van der Waals surface area (Å²) >= 11 is 0. The maximum absolute atomic E-state index is 11.9. The summed E-state index contributed by atoms with van der Waals surface area (Å²) in [5.74, 6) is -0.121. The van der Waals surface area contributed by atoms with Crippen molar-refractivity contribution in [2.24, 2.45) is 10.7 Å². The fourth-order valence-electron chi connectivity index (χ4n) is 2.33. The van der Waals surface area contributed by atoms with Crippen LogP contribution in [0.2, 0.25) is 0 Å². The summed E-state index contributed by atoms with van der Waals surface area (Å²) < 4.78 is 0. The van der Waals surface area contributed by atoms with E-state index in [1.807, 2.05) is 61.5 Å². The summed E-state index contributed by atoms with van der Waals surface area (Å²) in [6.45, 7) is 1.00. The Balaban J connectivity index is 0.00000392. The molecule has 150 valence electrons. The van der Waals surface area contributed by atoms with Gasteiger partial charge in [-0.3, -0.25) is 9.59 Å². The lowest BCUT2D eigenvalue weighted by Crippen LogP contribution is -2.36. The Labute approximate surface area is 182 Å². The van der Waals surface area contributed by atoms with Crippen molar-refractivity contribution in [3.8, 4) is 0 Å². The zero-order valence-electron chi connectivity index (χ0n) is 16.0. The highest BCUT2D eigenvalue weighted by Gasteiger charge is 2.07. The third kappa shape index (κ3) is 7.95. The minimum atomic E-state index is -0.574. The van der Waals surface area contributed by atoms with Crippen LogP contribution < -0.4 is 16.4 Å². The molecule has 2 amide bonds. The fourth-order valence-corrected chi connectivity index (χ4v) is 2.33. The monoisotopic (exact) mass is 495 g/mol. The summed E-state index contributed by atoms with van der Waals surface area (Å²) in [6.07, 6.45) is 0. The number of rotatable bonds is 7. The quantitative estimate of drug-likeness (QED) is 0.310. The number of nitrogens with one attached hydrogen (secondary N) is 2. The van der Waals surface area contributed by atoms with Crippen molar-refractivity contribution in [1.82, 2.24) is 15.5 Å². The lowest BCUT2D eigenvalue weighted by atomic mass is 10.1. The van der Waals surface area contributed by atoms with Crippen LogP contribution in [0.25, 0.3) is 0 Å². The summed E-state index contributed by atoms with van der Waals surface area (Å²) in [5.41, 5.74) is 7.65. The van der Waals surface area contributed by atoms with E-state index >= 15 is 0 Å². The first-order valence-corrected chi connectivity index (χ1v) is 8.60. The van der Waals surface area contributed by atoms with Crippen molar-refractivity contribution < 1.29 is 9.59 Å². The molecule has 0 bridgehead atoms. The molecule has 0 aromatic heterocycles. The number of halogens is 1. The highest BCUT2D eigenvalue weighted by Crippen LogP contribution is 2.05. The topological polar surface area (TPSA) is 99.8 Å². The molecule has 0 fully saturated rings. The number of carbonyl (C=O) groups is 2. The smallest absolute Gasteiger partial charge is 0.251 e. The predicted molar refractivity (Wildman–Crippen MR) is 121 cm³/mol. The number of benzene rings is 2. The maximum atomic E-state index is 11.9. The van der Waals surface area contributed by atoms with Gasteiger partial charge in [-0.25, -0.2) is 4.99 Å². The summed E-state index contributed by atoms with van der Waals surface area (Å²) in [4.78, 5) is 29.1. The number of primary amides is 1. The van der Waals surface area contributed by atoms with E-state index in [0.29, 0.717) is 18.7 Å². The van der Waals surface area contributed by atoms with Crippen LogP contribution in [-0.2, 0) is 17.9 Å². The second-order valence-electron chi connectivity index (χ2n) is 6.22. The van der Waals surface area contributed by atoms with E-state index in [9.17, 15) is 9.59 Å². The second kappa shape index (κ2) is 12.0. The number of carbonyl (C=O) groups excluding carboxylic acids is 2. The van der Waals surface area contributed by atoms with Gasteiger partial charge in [0.25, 0.3) is 5.91 Å². The number of nitrogens with zero attached hydrogens (tertiary/aromatic N) is 2. The Hall–Kier alpha value is -2.62. The molecular formula is C20H26IN5O2. The van der Waals surface area contributed by atoms with Crippen molar-refractivity contribution in [2.75, 3.05) is 20.6 Å². The fraction of sp³-hybridized carbons (Fsp3) is 0.250. The molecule has 0 aliphatic rings. The van der Waals surface area contributed by atoms with Crippen LogP contribution in [0.4, 0.5) is 0 Å². The molecule has 0 saturated carbocycles. The molecule has 4 N–H and O–H groups in total. The summed E-state index contributed by atoms with van der Waals surface area (Å²) in [6, 6.07) is 17.2. The number of guanidine groups is 1. The molecule has 0 radical (unpaired) electrons. The lowest BCUT2D eigenvalue weighted by molar-refractivity contribution is -0.117. The van der Waals surface area contributed by atoms with Gasteiger partial charge in [0, 0.05) is 26.2 Å². The third-order valence-electron chi connectivity index (χ3n) is 3.77. The zero-order valence-corrected chi connectivity index (χ0v) is 18.3. The van der Waals surface area contributed by atoms with Crippen LogP contribution in [0.5, 0.6) is 0 Å². The molecule has 8 heteroatoms. The Morgan fingerprint density at radius 2 is 1.61 bits per heavy atom. The van der Waals surface area contributed by atoms with Crippen LogP contribution in [0.1, 0.15) is 21.5 Å². The van der Waals surface area contributed by atoms with Crippen molar-refractivity contribution in [1.29, 1.82) is 0 Å². The van der Waals surface area contributed by atoms with Gasteiger partial charge in [0.1, 0.15) is 0 Å². The van der Waals surface area contributed by atoms with Gasteiger partial charge in [0.05, 0.1) is 13.1 Å². The molecule has 0 atom stereocenters. The number of hydrogen-bond donors (Lipinski definition) is 3. The molecular weight excluding hydrogens is 469 g/mol. The molecule has 0 saturated heterocycles. The van der Waals surface area contributed by atoms with Crippen LogP contribution in [0.3, 0.4) is 0 Å². The van der Waals surface area contributed by atoms with E-state index in [1.165, 1.54) is 0 Å². The van der Waals surface area contributed by atoms with Gasteiger partial charge in [-0.15, -0.1) is 24.0 Å². The molecule has 0 aliphatic carbocycles. The first kappa shape index (κ1) is 23.4. The molecule has 0 aliphatic heterocycles. The Bertz CT molecular complexity index is 792. The molecule has 2 aromatic rings. The lowest BCUT2D eigenvalue weighted by Gasteiger charge is -2.18. The van der Waals surface area contributed by atoms with Crippen molar-refractivity contribution in [3.05, 3.63) is 71.3 Å². The van der Waals surface area contributed by atoms with Crippen molar-refractivity contribution in [3.63, 3.8) is 0 Å². The molecule has 2 aromatic carbocycles. The number of nitrogens with two attached hydrogens (primary N) is 1. The van der Waals surface area contributed by atoms with Gasteiger partial charge in [-0.2, -0.15) is 0 Å². The van der Waals surface area contributed by atoms with Crippen LogP contribution in [-0.4, -0.2) is 43.3 Å².